The van der Waals surface area contributed by atoms with E-state index in [9.17, 15) is 14.7 Å². The number of aromatic nitrogens is 3. The van der Waals surface area contributed by atoms with Crippen LogP contribution in [-0.4, -0.2) is 26.2 Å². The lowest BCUT2D eigenvalue weighted by atomic mass is 9.95. The molecule has 30 heavy (non-hydrogen) atoms. The number of H-pyrrole nitrogens is 2. The van der Waals surface area contributed by atoms with Crippen LogP contribution in [0.25, 0.3) is 16.6 Å². The Morgan fingerprint density at radius 1 is 1.13 bits per heavy atom. The van der Waals surface area contributed by atoms with Gasteiger partial charge in [-0.3, -0.25) is 9.78 Å². The molecule has 2 aromatic carbocycles. The molecule has 2 aromatic heterocycles. The van der Waals surface area contributed by atoms with E-state index in [0.717, 1.165) is 38.7 Å². The molecule has 0 unspecified atom stereocenters. The lowest BCUT2D eigenvalue weighted by Gasteiger charge is -2.25. The first kappa shape index (κ1) is 18.7. The van der Waals surface area contributed by atoms with Gasteiger partial charge in [-0.2, -0.15) is 0 Å². The number of benzene rings is 2. The van der Waals surface area contributed by atoms with Gasteiger partial charge in [0.05, 0.1) is 11.7 Å². The van der Waals surface area contributed by atoms with Gasteiger partial charge in [0.15, 0.2) is 0 Å². The van der Waals surface area contributed by atoms with Crippen LogP contribution < -0.4 is 16.6 Å². The van der Waals surface area contributed by atoms with Crippen molar-refractivity contribution in [2.45, 2.75) is 19.4 Å². The molecule has 8 heteroatoms. The van der Waals surface area contributed by atoms with Gasteiger partial charge in [-0.1, -0.05) is 35.9 Å². The number of hydrogen-bond donors (Lipinski definition) is 4. The zero-order chi connectivity index (χ0) is 21.0. The summed E-state index contributed by atoms with van der Waals surface area (Å²) in [4.78, 5) is 31.2. The molecule has 7 nitrogen and oxygen atoms in total. The molecule has 0 aliphatic carbocycles. The minimum atomic E-state index is -0.723. The Hall–Kier alpha value is -3.29. The molecule has 0 radical (unpaired) electrons. The number of nitrogens with one attached hydrogen (secondary N) is 3. The number of aromatic amines is 2. The van der Waals surface area contributed by atoms with Gasteiger partial charge in [0.1, 0.15) is 5.56 Å². The standard InChI is InChI=1S/C22H19ClN4O3/c1-11-6-7-12(23)10-16(11)27-21(29)17(20(28)26-22(27)30)19-18-14(8-9-24-19)13-4-2-3-5-15(13)25-18/h2-7,10,19,24-25,29H,8-9H2,1H3,(H,26,28,30)/t19-/m0/s1. The van der Waals surface area contributed by atoms with Crippen molar-refractivity contribution in [3.63, 3.8) is 0 Å². The largest absolute Gasteiger partial charge is 0.494 e. The number of fused-ring (bicyclic) bond motifs is 3. The predicted molar refractivity (Wildman–Crippen MR) is 116 cm³/mol. The molecule has 1 aliphatic rings. The van der Waals surface area contributed by atoms with Gasteiger partial charge in [-0.05, 0) is 42.7 Å². The first-order chi connectivity index (χ1) is 14.5. The Bertz CT molecular complexity index is 1420. The third-order valence-electron chi connectivity index (χ3n) is 5.68. The summed E-state index contributed by atoms with van der Waals surface area (Å²) in [6.45, 7) is 2.44. The first-order valence-corrected chi connectivity index (χ1v) is 10.0. The lowest BCUT2D eigenvalue weighted by molar-refractivity contribution is 0.409. The zero-order valence-electron chi connectivity index (χ0n) is 16.1. The molecule has 5 rings (SSSR count). The van der Waals surface area contributed by atoms with Gasteiger partial charge in [0, 0.05) is 28.2 Å². The molecule has 1 atom stereocenters. The number of para-hydroxylation sites is 1. The van der Waals surface area contributed by atoms with Crippen LogP contribution in [0.4, 0.5) is 0 Å². The quantitative estimate of drug-likeness (QED) is 0.399. The van der Waals surface area contributed by atoms with Crippen molar-refractivity contribution < 1.29 is 5.11 Å². The second kappa shape index (κ2) is 6.90. The van der Waals surface area contributed by atoms with Gasteiger partial charge >= 0.3 is 5.69 Å². The van der Waals surface area contributed by atoms with Crippen LogP contribution in [0, 0.1) is 6.92 Å². The van der Waals surface area contributed by atoms with Crippen LogP contribution >= 0.6 is 11.6 Å². The molecule has 0 bridgehead atoms. The number of aryl methyl sites for hydroxylation is 1. The lowest BCUT2D eigenvalue weighted by Crippen LogP contribution is -2.38. The highest BCUT2D eigenvalue weighted by molar-refractivity contribution is 6.30. The van der Waals surface area contributed by atoms with Crippen LogP contribution in [0.1, 0.15) is 28.4 Å². The van der Waals surface area contributed by atoms with E-state index in [1.165, 1.54) is 0 Å². The summed E-state index contributed by atoms with van der Waals surface area (Å²) in [7, 11) is 0. The predicted octanol–water partition coefficient (Wildman–Crippen LogP) is 2.91. The molecule has 1 aliphatic heterocycles. The summed E-state index contributed by atoms with van der Waals surface area (Å²) in [6, 6.07) is 12.4. The van der Waals surface area contributed by atoms with Crippen molar-refractivity contribution in [1.82, 2.24) is 19.9 Å². The van der Waals surface area contributed by atoms with E-state index in [-0.39, 0.29) is 5.56 Å². The van der Waals surface area contributed by atoms with E-state index in [1.54, 1.807) is 25.1 Å². The van der Waals surface area contributed by atoms with Crippen molar-refractivity contribution >= 4 is 22.5 Å². The minimum absolute atomic E-state index is 0.0847. The molecular formula is C22H19ClN4O3. The fraction of sp³-hybridized carbons (Fsp3) is 0.182. The number of hydrogen-bond acceptors (Lipinski definition) is 4. The monoisotopic (exact) mass is 422 g/mol. The Labute approximate surface area is 176 Å². The van der Waals surface area contributed by atoms with Crippen molar-refractivity contribution in [1.29, 1.82) is 0 Å². The van der Waals surface area contributed by atoms with Crippen LogP contribution in [-0.2, 0) is 6.42 Å². The summed E-state index contributed by atoms with van der Waals surface area (Å²) < 4.78 is 1.09. The highest BCUT2D eigenvalue weighted by Gasteiger charge is 2.31. The smallest absolute Gasteiger partial charge is 0.335 e. The molecule has 0 saturated carbocycles. The number of rotatable bonds is 2. The maximum atomic E-state index is 12.8. The molecular weight excluding hydrogens is 404 g/mol. The van der Waals surface area contributed by atoms with E-state index in [0.29, 0.717) is 17.3 Å². The van der Waals surface area contributed by atoms with E-state index >= 15 is 0 Å². The van der Waals surface area contributed by atoms with Crippen molar-refractivity contribution in [2.24, 2.45) is 0 Å². The summed E-state index contributed by atoms with van der Waals surface area (Å²) in [5.41, 5.74) is 2.76. The Balaban J connectivity index is 1.77. The molecule has 152 valence electrons. The second-order valence-electron chi connectivity index (χ2n) is 7.46. The summed E-state index contributed by atoms with van der Waals surface area (Å²) in [5, 5.41) is 15.9. The number of halogens is 1. The van der Waals surface area contributed by atoms with Crippen LogP contribution in [0.15, 0.2) is 52.1 Å². The number of aromatic hydroxyl groups is 1. The van der Waals surface area contributed by atoms with Crippen molar-refractivity contribution in [3.8, 4) is 11.6 Å². The SMILES string of the molecule is Cc1ccc(Cl)cc1-n1c(O)c([C@@H]2NCCc3c2[nH]c2ccccc32)c(=O)[nH]c1=O. The van der Waals surface area contributed by atoms with E-state index in [1.807, 2.05) is 24.3 Å². The molecule has 0 fully saturated rings. The van der Waals surface area contributed by atoms with Crippen molar-refractivity contribution in [2.75, 3.05) is 6.54 Å². The second-order valence-corrected chi connectivity index (χ2v) is 7.90. The van der Waals surface area contributed by atoms with Crippen LogP contribution in [0.3, 0.4) is 0 Å². The summed E-state index contributed by atoms with van der Waals surface area (Å²) >= 11 is 6.12. The molecule has 0 amide bonds. The highest BCUT2D eigenvalue weighted by Crippen LogP contribution is 2.35. The third kappa shape index (κ3) is 2.78. The van der Waals surface area contributed by atoms with E-state index < -0.39 is 23.2 Å². The van der Waals surface area contributed by atoms with Gasteiger partial charge < -0.3 is 15.4 Å². The molecule has 0 saturated heterocycles. The fourth-order valence-electron chi connectivity index (χ4n) is 4.27. The van der Waals surface area contributed by atoms with Crippen LogP contribution in [0.2, 0.25) is 5.02 Å². The van der Waals surface area contributed by atoms with Crippen LogP contribution in [0.5, 0.6) is 5.88 Å². The number of nitrogens with zero attached hydrogens (tertiary/aromatic N) is 1. The molecule has 4 aromatic rings. The average molecular weight is 423 g/mol. The third-order valence-corrected chi connectivity index (χ3v) is 5.92. The average Bonchev–Trinajstić information content (AvgIpc) is 3.10. The first-order valence-electron chi connectivity index (χ1n) is 9.63. The highest BCUT2D eigenvalue weighted by atomic mass is 35.5. The van der Waals surface area contributed by atoms with Gasteiger partial charge in [-0.15, -0.1) is 0 Å². The Morgan fingerprint density at radius 3 is 2.77 bits per heavy atom. The normalized spacial score (nSPS) is 16.0. The topological polar surface area (TPSA) is 103 Å². The van der Waals surface area contributed by atoms with Gasteiger partial charge in [-0.25, -0.2) is 9.36 Å². The van der Waals surface area contributed by atoms with E-state index in [4.69, 9.17) is 11.6 Å². The summed E-state index contributed by atoms with van der Waals surface area (Å²) in [6.07, 6.45) is 0.793. The van der Waals surface area contributed by atoms with Gasteiger partial charge in [0.2, 0.25) is 5.88 Å². The van der Waals surface area contributed by atoms with E-state index in [2.05, 4.69) is 15.3 Å². The maximum Gasteiger partial charge on any atom is 0.335 e. The minimum Gasteiger partial charge on any atom is -0.494 e. The molecule has 4 N–H and O–H groups in total. The fourth-order valence-corrected chi connectivity index (χ4v) is 4.44. The zero-order valence-corrected chi connectivity index (χ0v) is 16.9. The molecule has 3 heterocycles. The van der Waals surface area contributed by atoms with Crippen molar-refractivity contribution in [3.05, 3.63) is 90.7 Å². The Kier molecular flexibility index (Phi) is 4.30. The van der Waals surface area contributed by atoms with Gasteiger partial charge in [0.25, 0.3) is 5.56 Å². The summed E-state index contributed by atoms with van der Waals surface area (Å²) in [5.74, 6) is -0.405. The molecule has 0 spiro atoms. The maximum absolute atomic E-state index is 12.8. The Morgan fingerprint density at radius 2 is 1.93 bits per heavy atom.